The highest BCUT2D eigenvalue weighted by molar-refractivity contribution is 6.03. The van der Waals surface area contributed by atoms with Crippen molar-refractivity contribution in [2.24, 2.45) is 0 Å². The van der Waals surface area contributed by atoms with E-state index in [2.05, 4.69) is 5.32 Å². The molecule has 1 aromatic carbocycles. The maximum atomic E-state index is 11.0. The predicted molar refractivity (Wildman–Crippen MR) is 56.9 cm³/mol. The maximum Gasteiger partial charge on any atom is 0.333 e. The minimum atomic E-state index is -1.17. The zero-order valence-electron chi connectivity index (χ0n) is 8.65. The number of carboxylic acid groups (broad SMARTS) is 1. The Morgan fingerprint density at radius 1 is 1.27 bits per heavy atom. The van der Waals surface area contributed by atoms with Crippen LogP contribution in [0.2, 0.25) is 0 Å². The third-order valence-electron chi connectivity index (χ3n) is 2.02. The van der Waals surface area contributed by atoms with Gasteiger partial charge in [0.05, 0.1) is 0 Å². The molecule has 0 aliphatic heterocycles. The summed E-state index contributed by atoms with van der Waals surface area (Å²) >= 11 is 0. The number of rotatable bonds is 4. The minimum Gasteiger partial charge on any atom is -0.479 e. The molecule has 1 atom stereocenters. The number of nitrogens with one attached hydrogen (secondary N) is 1. The lowest BCUT2D eigenvalue weighted by atomic mass is 10.1. The summed E-state index contributed by atoms with van der Waals surface area (Å²) in [5.74, 6) is -1.58. The molecule has 1 rings (SSSR count). The summed E-state index contributed by atoms with van der Waals surface area (Å²) in [5, 5.41) is 11.4. The molecule has 0 radical (unpaired) electrons. The second-order valence-electron chi connectivity index (χ2n) is 3.39. The molecule has 0 bridgehead atoms. The van der Waals surface area contributed by atoms with Crippen LogP contribution in [-0.4, -0.2) is 22.9 Å². The monoisotopic (exact) mass is 207 g/mol. The van der Waals surface area contributed by atoms with Crippen LogP contribution in [-0.2, 0) is 9.59 Å². The number of aliphatic carboxylic acids is 1. The number of Topliss-reactive ketones (excluding diaryl/α,β-unsaturated/α-hetero) is 1. The Hall–Kier alpha value is -1.84. The standard InChI is InChI=1S/C11H13NO3/c1-7-3-5-9(6-4-7)12-10(8(2)13)11(14)15/h3-6,10,12H,1-2H3,(H,14,15). The number of carboxylic acids is 1. The Morgan fingerprint density at radius 2 is 1.80 bits per heavy atom. The first-order valence-electron chi connectivity index (χ1n) is 4.57. The van der Waals surface area contributed by atoms with E-state index in [1.807, 2.05) is 19.1 Å². The van der Waals surface area contributed by atoms with Crippen LogP contribution >= 0.6 is 0 Å². The molecule has 2 N–H and O–H groups in total. The molecule has 0 fully saturated rings. The van der Waals surface area contributed by atoms with Crippen molar-refractivity contribution >= 4 is 17.4 Å². The van der Waals surface area contributed by atoms with Crippen molar-refractivity contribution < 1.29 is 14.7 Å². The van der Waals surface area contributed by atoms with Crippen LogP contribution < -0.4 is 5.32 Å². The van der Waals surface area contributed by atoms with Gasteiger partial charge in [0.1, 0.15) is 0 Å². The largest absolute Gasteiger partial charge is 0.479 e. The molecule has 0 amide bonds. The number of hydrogen-bond acceptors (Lipinski definition) is 3. The maximum absolute atomic E-state index is 11.0. The number of carbonyl (C=O) groups excluding carboxylic acids is 1. The van der Waals surface area contributed by atoms with E-state index >= 15 is 0 Å². The zero-order chi connectivity index (χ0) is 11.4. The van der Waals surface area contributed by atoms with E-state index in [4.69, 9.17) is 5.11 Å². The highest BCUT2D eigenvalue weighted by Gasteiger charge is 2.21. The summed E-state index contributed by atoms with van der Waals surface area (Å²) in [6, 6.07) is 6.01. The molecular weight excluding hydrogens is 194 g/mol. The predicted octanol–water partition coefficient (Wildman–Crippen LogP) is 1.45. The number of aryl methyl sites for hydroxylation is 1. The molecule has 80 valence electrons. The van der Waals surface area contributed by atoms with Gasteiger partial charge in [0, 0.05) is 5.69 Å². The van der Waals surface area contributed by atoms with E-state index < -0.39 is 17.8 Å². The van der Waals surface area contributed by atoms with Gasteiger partial charge in [-0.2, -0.15) is 0 Å². The Bertz CT molecular complexity index is 356. The first kappa shape index (κ1) is 11.2. The Labute approximate surface area is 87.9 Å². The molecule has 4 nitrogen and oxygen atoms in total. The van der Waals surface area contributed by atoms with Crippen LogP contribution in [0.1, 0.15) is 12.5 Å². The second-order valence-corrected chi connectivity index (χ2v) is 3.39. The number of ketones is 1. The summed E-state index contributed by atoms with van der Waals surface area (Å²) in [5.41, 5.74) is 1.71. The van der Waals surface area contributed by atoms with E-state index in [-0.39, 0.29) is 0 Å². The molecule has 1 unspecified atom stereocenters. The minimum absolute atomic E-state index is 0.414. The van der Waals surface area contributed by atoms with E-state index in [1.54, 1.807) is 12.1 Å². The number of carbonyl (C=O) groups is 2. The lowest BCUT2D eigenvalue weighted by molar-refractivity contribution is -0.140. The summed E-state index contributed by atoms with van der Waals surface area (Å²) < 4.78 is 0. The van der Waals surface area contributed by atoms with Gasteiger partial charge in [-0.15, -0.1) is 0 Å². The number of anilines is 1. The van der Waals surface area contributed by atoms with E-state index in [0.717, 1.165) is 5.56 Å². The van der Waals surface area contributed by atoms with Crippen molar-refractivity contribution in [2.75, 3.05) is 5.32 Å². The van der Waals surface area contributed by atoms with Crippen molar-refractivity contribution in [2.45, 2.75) is 19.9 Å². The lowest BCUT2D eigenvalue weighted by Gasteiger charge is -2.12. The summed E-state index contributed by atoms with van der Waals surface area (Å²) in [4.78, 5) is 21.7. The van der Waals surface area contributed by atoms with E-state index in [1.165, 1.54) is 6.92 Å². The molecular formula is C11H13NO3. The first-order valence-corrected chi connectivity index (χ1v) is 4.57. The molecule has 0 spiro atoms. The van der Waals surface area contributed by atoms with Crippen LogP contribution in [0.25, 0.3) is 0 Å². The Balaban J connectivity index is 2.79. The molecule has 0 aromatic heterocycles. The van der Waals surface area contributed by atoms with Crippen LogP contribution in [0.5, 0.6) is 0 Å². The van der Waals surface area contributed by atoms with Gasteiger partial charge in [0.15, 0.2) is 11.8 Å². The van der Waals surface area contributed by atoms with Crippen LogP contribution in [0.4, 0.5) is 5.69 Å². The summed E-state index contributed by atoms with van der Waals surface area (Å²) in [6.07, 6.45) is 0. The average Bonchev–Trinajstić information content (AvgIpc) is 2.15. The molecule has 0 saturated carbocycles. The first-order chi connectivity index (χ1) is 7.00. The lowest BCUT2D eigenvalue weighted by Crippen LogP contribution is -2.35. The van der Waals surface area contributed by atoms with Gasteiger partial charge in [0.25, 0.3) is 0 Å². The third-order valence-corrected chi connectivity index (χ3v) is 2.02. The third kappa shape index (κ3) is 3.09. The molecule has 0 heterocycles. The fourth-order valence-corrected chi connectivity index (χ4v) is 1.15. The normalized spacial score (nSPS) is 11.9. The van der Waals surface area contributed by atoms with Crippen LogP contribution in [0.3, 0.4) is 0 Å². The second kappa shape index (κ2) is 4.59. The van der Waals surface area contributed by atoms with E-state index in [0.29, 0.717) is 5.69 Å². The fourth-order valence-electron chi connectivity index (χ4n) is 1.15. The van der Waals surface area contributed by atoms with Gasteiger partial charge >= 0.3 is 5.97 Å². The summed E-state index contributed by atoms with van der Waals surface area (Å²) in [6.45, 7) is 3.18. The zero-order valence-corrected chi connectivity index (χ0v) is 8.65. The van der Waals surface area contributed by atoms with Crippen molar-refractivity contribution in [3.63, 3.8) is 0 Å². The smallest absolute Gasteiger partial charge is 0.333 e. The molecule has 0 aliphatic carbocycles. The molecule has 0 saturated heterocycles. The molecule has 0 aliphatic rings. The van der Waals surface area contributed by atoms with Gasteiger partial charge in [-0.05, 0) is 26.0 Å². The Kier molecular flexibility index (Phi) is 3.44. The van der Waals surface area contributed by atoms with Crippen LogP contribution in [0.15, 0.2) is 24.3 Å². The van der Waals surface area contributed by atoms with Crippen molar-refractivity contribution in [1.29, 1.82) is 0 Å². The van der Waals surface area contributed by atoms with Gasteiger partial charge in [-0.3, -0.25) is 4.79 Å². The highest BCUT2D eigenvalue weighted by atomic mass is 16.4. The number of benzene rings is 1. The summed E-state index contributed by atoms with van der Waals surface area (Å²) in [7, 11) is 0. The fraction of sp³-hybridized carbons (Fsp3) is 0.273. The SMILES string of the molecule is CC(=O)C(Nc1ccc(C)cc1)C(=O)O. The Morgan fingerprint density at radius 3 is 2.20 bits per heavy atom. The van der Waals surface area contributed by atoms with Crippen molar-refractivity contribution in [3.05, 3.63) is 29.8 Å². The van der Waals surface area contributed by atoms with Gasteiger partial charge in [-0.25, -0.2) is 4.79 Å². The average molecular weight is 207 g/mol. The molecule has 15 heavy (non-hydrogen) atoms. The van der Waals surface area contributed by atoms with Crippen LogP contribution in [0, 0.1) is 6.92 Å². The quantitative estimate of drug-likeness (QED) is 0.733. The molecule has 4 heteroatoms. The topological polar surface area (TPSA) is 66.4 Å². The van der Waals surface area contributed by atoms with Crippen molar-refractivity contribution in [1.82, 2.24) is 0 Å². The van der Waals surface area contributed by atoms with Gasteiger partial charge < -0.3 is 10.4 Å². The molecule has 1 aromatic rings. The van der Waals surface area contributed by atoms with Gasteiger partial charge in [0.2, 0.25) is 0 Å². The van der Waals surface area contributed by atoms with Gasteiger partial charge in [-0.1, -0.05) is 17.7 Å². The van der Waals surface area contributed by atoms with Crippen molar-refractivity contribution in [3.8, 4) is 0 Å². The number of hydrogen-bond donors (Lipinski definition) is 2. The van der Waals surface area contributed by atoms with E-state index in [9.17, 15) is 9.59 Å². The highest BCUT2D eigenvalue weighted by Crippen LogP contribution is 2.10.